The molecule has 0 saturated carbocycles. The van der Waals surface area contributed by atoms with Gasteiger partial charge in [-0.3, -0.25) is 5.84 Å². The third-order valence-corrected chi connectivity index (χ3v) is 4.49. The maximum absolute atomic E-state index is 6.30. The zero-order valence-corrected chi connectivity index (χ0v) is 12.5. The van der Waals surface area contributed by atoms with E-state index in [1.165, 1.54) is 31.3 Å². The molecule has 0 aromatic heterocycles. The van der Waals surface area contributed by atoms with E-state index in [9.17, 15) is 0 Å². The SMILES string of the molecule is NNC(/C1=C/CCCCCC1)c1cccc(Cl)c1Cl. The molecule has 1 atom stereocenters. The fraction of sp³-hybridized carbons (Fsp3) is 0.467. The van der Waals surface area contributed by atoms with E-state index >= 15 is 0 Å². The van der Waals surface area contributed by atoms with E-state index in [0.717, 1.165) is 18.4 Å². The van der Waals surface area contributed by atoms with E-state index in [0.29, 0.717) is 10.0 Å². The van der Waals surface area contributed by atoms with Crippen molar-refractivity contribution in [2.75, 3.05) is 0 Å². The second-order valence-electron chi connectivity index (χ2n) is 4.97. The first-order chi connectivity index (χ1) is 9.24. The van der Waals surface area contributed by atoms with Crippen molar-refractivity contribution in [3.05, 3.63) is 45.5 Å². The molecular formula is C15H20Cl2N2. The van der Waals surface area contributed by atoms with Crippen molar-refractivity contribution in [1.29, 1.82) is 0 Å². The Labute approximate surface area is 124 Å². The third kappa shape index (κ3) is 3.73. The maximum atomic E-state index is 6.30. The van der Waals surface area contributed by atoms with Gasteiger partial charge in [0.2, 0.25) is 0 Å². The highest BCUT2D eigenvalue weighted by molar-refractivity contribution is 6.42. The van der Waals surface area contributed by atoms with Crippen LogP contribution in [0.1, 0.15) is 50.1 Å². The molecule has 0 heterocycles. The van der Waals surface area contributed by atoms with Gasteiger partial charge in [-0.1, -0.05) is 59.8 Å². The van der Waals surface area contributed by atoms with Gasteiger partial charge >= 0.3 is 0 Å². The molecule has 4 heteroatoms. The summed E-state index contributed by atoms with van der Waals surface area (Å²) in [5.74, 6) is 5.75. The second-order valence-corrected chi connectivity index (χ2v) is 5.76. The van der Waals surface area contributed by atoms with Crippen molar-refractivity contribution in [2.45, 2.75) is 44.6 Å². The summed E-state index contributed by atoms with van der Waals surface area (Å²) >= 11 is 12.4. The highest BCUT2D eigenvalue weighted by Crippen LogP contribution is 2.35. The van der Waals surface area contributed by atoms with Crippen LogP contribution < -0.4 is 11.3 Å². The van der Waals surface area contributed by atoms with E-state index < -0.39 is 0 Å². The number of hydrogen-bond acceptors (Lipinski definition) is 2. The topological polar surface area (TPSA) is 38.0 Å². The van der Waals surface area contributed by atoms with Crippen LogP contribution in [0.4, 0.5) is 0 Å². The van der Waals surface area contributed by atoms with Gasteiger partial charge in [0.15, 0.2) is 0 Å². The lowest BCUT2D eigenvalue weighted by atomic mass is 9.91. The van der Waals surface area contributed by atoms with Crippen LogP contribution in [-0.4, -0.2) is 0 Å². The summed E-state index contributed by atoms with van der Waals surface area (Å²) in [5, 5.41) is 1.17. The Morgan fingerprint density at radius 3 is 2.68 bits per heavy atom. The summed E-state index contributed by atoms with van der Waals surface area (Å²) in [6.45, 7) is 0. The molecule has 1 aromatic carbocycles. The van der Waals surface area contributed by atoms with Gasteiger partial charge < -0.3 is 0 Å². The number of benzene rings is 1. The Kier molecular flexibility index (Phi) is 5.71. The Morgan fingerprint density at radius 2 is 1.89 bits per heavy atom. The van der Waals surface area contributed by atoms with Crippen LogP contribution in [0.2, 0.25) is 10.0 Å². The third-order valence-electron chi connectivity index (χ3n) is 3.66. The maximum Gasteiger partial charge on any atom is 0.0685 e. The van der Waals surface area contributed by atoms with Crippen molar-refractivity contribution in [2.24, 2.45) is 5.84 Å². The molecule has 104 valence electrons. The molecule has 19 heavy (non-hydrogen) atoms. The van der Waals surface area contributed by atoms with E-state index in [4.69, 9.17) is 29.0 Å². The zero-order valence-electron chi connectivity index (χ0n) is 11.0. The van der Waals surface area contributed by atoms with Crippen LogP contribution in [0.25, 0.3) is 0 Å². The lowest BCUT2D eigenvalue weighted by molar-refractivity contribution is 0.555. The summed E-state index contributed by atoms with van der Waals surface area (Å²) < 4.78 is 0. The average Bonchev–Trinajstić information content (AvgIpc) is 2.37. The van der Waals surface area contributed by atoms with Gasteiger partial charge in [0.05, 0.1) is 16.1 Å². The molecule has 1 aliphatic carbocycles. The number of allylic oxidation sites excluding steroid dienone is 1. The number of halogens is 2. The normalized spacial score (nSPS) is 21.1. The largest absolute Gasteiger partial charge is 0.271 e. The first kappa shape index (κ1) is 14.9. The Morgan fingerprint density at radius 1 is 1.11 bits per heavy atom. The first-order valence-corrected chi connectivity index (χ1v) is 7.58. The number of rotatable bonds is 3. The van der Waals surface area contributed by atoms with Crippen molar-refractivity contribution in [3.8, 4) is 0 Å². The molecule has 2 nitrogen and oxygen atoms in total. The molecule has 3 N–H and O–H groups in total. The van der Waals surface area contributed by atoms with Crippen LogP contribution in [0.3, 0.4) is 0 Å². The number of nitrogens with two attached hydrogens (primary N) is 1. The van der Waals surface area contributed by atoms with Gasteiger partial charge in [0.25, 0.3) is 0 Å². The lowest BCUT2D eigenvalue weighted by Gasteiger charge is -2.23. The summed E-state index contributed by atoms with van der Waals surface area (Å²) in [4.78, 5) is 0. The molecule has 0 aliphatic heterocycles. The summed E-state index contributed by atoms with van der Waals surface area (Å²) in [6, 6.07) is 5.66. The minimum absolute atomic E-state index is 0.0377. The standard InChI is InChI=1S/C15H20Cl2N2/c16-13-10-6-9-12(14(13)17)15(19-18)11-7-4-2-1-3-5-8-11/h6-7,9-10,15,19H,1-5,8,18H2/b11-7+. The predicted molar refractivity (Wildman–Crippen MR) is 82.3 cm³/mol. The average molecular weight is 299 g/mol. The van der Waals surface area contributed by atoms with Gasteiger partial charge in [-0.05, 0) is 37.3 Å². The van der Waals surface area contributed by atoms with Crippen LogP contribution in [0.5, 0.6) is 0 Å². The Bertz CT molecular complexity index is 457. The van der Waals surface area contributed by atoms with Crippen LogP contribution in [0, 0.1) is 0 Å². The van der Waals surface area contributed by atoms with Crippen molar-refractivity contribution in [1.82, 2.24) is 5.43 Å². The van der Waals surface area contributed by atoms with E-state index in [1.54, 1.807) is 6.07 Å². The predicted octanol–water partition coefficient (Wildman–Crippen LogP) is 4.78. The second kappa shape index (κ2) is 7.30. The summed E-state index contributed by atoms with van der Waals surface area (Å²) in [7, 11) is 0. The number of nitrogens with one attached hydrogen (secondary N) is 1. The summed E-state index contributed by atoms with van der Waals surface area (Å²) in [5.41, 5.74) is 5.18. The van der Waals surface area contributed by atoms with Crippen molar-refractivity contribution >= 4 is 23.2 Å². The number of hydrogen-bond donors (Lipinski definition) is 2. The molecule has 0 bridgehead atoms. The highest BCUT2D eigenvalue weighted by Gasteiger charge is 2.19. The van der Waals surface area contributed by atoms with Gasteiger partial charge in [0, 0.05) is 0 Å². The smallest absolute Gasteiger partial charge is 0.0685 e. The molecule has 0 saturated heterocycles. The minimum atomic E-state index is -0.0377. The fourth-order valence-electron chi connectivity index (χ4n) is 2.62. The van der Waals surface area contributed by atoms with Crippen LogP contribution >= 0.6 is 23.2 Å². The van der Waals surface area contributed by atoms with E-state index in [1.807, 2.05) is 12.1 Å². The molecule has 0 amide bonds. The van der Waals surface area contributed by atoms with Gasteiger partial charge in [0.1, 0.15) is 0 Å². The first-order valence-electron chi connectivity index (χ1n) is 6.83. The quantitative estimate of drug-likeness (QED) is 0.479. The van der Waals surface area contributed by atoms with Gasteiger partial charge in [-0.2, -0.15) is 0 Å². The van der Waals surface area contributed by atoms with Gasteiger partial charge in [-0.25, -0.2) is 5.43 Å². The minimum Gasteiger partial charge on any atom is -0.271 e. The fourth-order valence-corrected chi connectivity index (χ4v) is 3.04. The Balaban J connectivity index is 2.30. The molecule has 0 fully saturated rings. The molecular weight excluding hydrogens is 279 g/mol. The Hall–Kier alpha value is -0.540. The molecule has 0 radical (unpaired) electrons. The zero-order chi connectivity index (χ0) is 13.7. The highest BCUT2D eigenvalue weighted by atomic mass is 35.5. The lowest BCUT2D eigenvalue weighted by Crippen LogP contribution is -2.30. The molecule has 0 spiro atoms. The molecule has 2 rings (SSSR count). The van der Waals surface area contributed by atoms with Crippen LogP contribution in [0.15, 0.2) is 29.8 Å². The molecule has 1 unspecified atom stereocenters. The monoisotopic (exact) mass is 298 g/mol. The molecule has 1 aromatic rings. The summed E-state index contributed by atoms with van der Waals surface area (Å²) in [6.07, 6.45) is 9.57. The van der Waals surface area contributed by atoms with Crippen molar-refractivity contribution < 1.29 is 0 Å². The van der Waals surface area contributed by atoms with E-state index in [-0.39, 0.29) is 6.04 Å². The van der Waals surface area contributed by atoms with Gasteiger partial charge in [-0.15, -0.1) is 0 Å². The van der Waals surface area contributed by atoms with Crippen LogP contribution in [-0.2, 0) is 0 Å². The van der Waals surface area contributed by atoms with Crippen molar-refractivity contribution in [3.63, 3.8) is 0 Å². The van der Waals surface area contributed by atoms with E-state index in [2.05, 4.69) is 11.5 Å². The molecule has 1 aliphatic rings. The number of hydrazine groups is 1.